The van der Waals surface area contributed by atoms with E-state index < -0.39 is 8.32 Å². The van der Waals surface area contributed by atoms with Crippen LogP contribution in [0, 0.1) is 17.8 Å². The van der Waals surface area contributed by atoms with Crippen molar-refractivity contribution in [3.05, 3.63) is 60.7 Å². The summed E-state index contributed by atoms with van der Waals surface area (Å²) in [5.41, 5.74) is 5.54. The minimum absolute atomic E-state index is 0.00836. The average molecular weight is 380 g/mol. The normalized spacial score (nSPS) is 27.2. The SMILES string of the molecule is CC(C)(C)[Si](OC1C[C@@H]2[C@H](C1)[C@@H]2C(N)=O)(c1ccccc1)c1ccccc1. The van der Waals surface area contributed by atoms with E-state index in [0.717, 1.165) is 12.8 Å². The van der Waals surface area contributed by atoms with Crippen molar-refractivity contribution < 1.29 is 9.22 Å². The predicted octanol–water partition coefficient (Wildman–Crippen LogP) is 3.07. The summed E-state index contributed by atoms with van der Waals surface area (Å²) >= 11 is 0. The third kappa shape index (κ3) is 3.05. The summed E-state index contributed by atoms with van der Waals surface area (Å²) in [6.07, 6.45) is 2.13. The number of benzene rings is 2. The summed E-state index contributed by atoms with van der Waals surface area (Å²) in [7, 11) is -2.49. The Labute approximate surface area is 163 Å². The van der Waals surface area contributed by atoms with Gasteiger partial charge in [-0.3, -0.25) is 4.79 Å². The van der Waals surface area contributed by atoms with Gasteiger partial charge < -0.3 is 10.2 Å². The lowest BCUT2D eigenvalue weighted by Gasteiger charge is -2.45. The molecule has 2 aromatic carbocycles. The van der Waals surface area contributed by atoms with E-state index >= 15 is 0 Å². The highest BCUT2D eigenvalue weighted by Gasteiger charge is 2.61. The van der Waals surface area contributed by atoms with Crippen LogP contribution in [0.5, 0.6) is 0 Å². The van der Waals surface area contributed by atoms with Crippen molar-refractivity contribution in [3.63, 3.8) is 0 Å². The van der Waals surface area contributed by atoms with E-state index in [9.17, 15) is 4.79 Å². The average Bonchev–Trinajstić information content (AvgIpc) is 3.17. The first kappa shape index (κ1) is 18.5. The van der Waals surface area contributed by atoms with Crippen LogP contribution in [0.15, 0.2) is 60.7 Å². The van der Waals surface area contributed by atoms with Crippen molar-refractivity contribution in [1.29, 1.82) is 0 Å². The zero-order valence-electron chi connectivity index (χ0n) is 16.4. The zero-order chi connectivity index (χ0) is 19.2. The molecule has 2 N–H and O–H groups in total. The monoisotopic (exact) mass is 379 g/mol. The van der Waals surface area contributed by atoms with Gasteiger partial charge >= 0.3 is 0 Å². The summed E-state index contributed by atoms with van der Waals surface area (Å²) in [5.74, 6) is 0.828. The number of hydrogen-bond donors (Lipinski definition) is 1. The van der Waals surface area contributed by atoms with E-state index in [1.54, 1.807) is 0 Å². The maximum Gasteiger partial charge on any atom is 0.261 e. The van der Waals surface area contributed by atoms with Crippen molar-refractivity contribution in [2.75, 3.05) is 0 Å². The molecular weight excluding hydrogens is 350 g/mol. The molecule has 142 valence electrons. The van der Waals surface area contributed by atoms with Crippen molar-refractivity contribution >= 4 is 24.6 Å². The first-order valence-electron chi connectivity index (χ1n) is 9.93. The predicted molar refractivity (Wildman–Crippen MR) is 111 cm³/mol. The number of carbonyl (C=O) groups is 1. The Bertz CT molecular complexity index is 764. The topological polar surface area (TPSA) is 52.3 Å². The first-order valence-corrected chi connectivity index (χ1v) is 11.8. The zero-order valence-corrected chi connectivity index (χ0v) is 17.4. The summed E-state index contributed by atoms with van der Waals surface area (Å²) in [6, 6.07) is 21.5. The van der Waals surface area contributed by atoms with Gasteiger partial charge in [-0.2, -0.15) is 0 Å². The minimum atomic E-state index is -2.49. The summed E-state index contributed by atoms with van der Waals surface area (Å²) < 4.78 is 7.15. The van der Waals surface area contributed by atoms with Gasteiger partial charge in [0.05, 0.1) is 0 Å². The molecule has 2 aromatic rings. The minimum Gasteiger partial charge on any atom is -0.404 e. The lowest BCUT2D eigenvalue weighted by atomic mass is 10.1. The van der Waals surface area contributed by atoms with Crippen molar-refractivity contribution in [2.45, 2.75) is 44.8 Å². The van der Waals surface area contributed by atoms with Gasteiger partial charge in [-0.05, 0) is 40.1 Å². The second-order valence-electron chi connectivity index (χ2n) is 9.13. The smallest absolute Gasteiger partial charge is 0.261 e. The molecule has 0 radical (unpaired) electrons. The molecule has 4 atom stereocenters. The molecule has 1 amide bonds. The Balaban J connectivity index is 1.72. The quantitative estimate of drug-likeness (QED) is 0.812. The van der Waals surface area contributed by atoms with E-state index in [1.807, 2.05) is 0 Å². The summed E-state index contributed by atoms with van der Waals surface area (Å²) in [5, 5.41) is 2.62. The van der Waals surface area contributed by atoms with Gasteiger partial charge in [-0.15, -0.1) is 0 Å². The van der Waals surface area contributed by atoms with Crippen molar-refractivity contribution in [2.24, 2.45) is 23.5 Å². The molecule has 0 heterocycles. The molecular formula is C23H29NO2Si. The largest absolute Gasteiger partial charge is 0.404 e. The number of carbonyl (C=O) groups excluding carboxylic acids is 1. The number of fused-ring (bicyclic) bond motifs is 1. The van der Waals surface area contributed by atoms with Crippen LogP contribution in [0.1, 0.15) is 33.6 Å². The van der Waals surface area contributed by atoms with Crippen molar-refractivity contribution in [3.8, 4) is 0 Å². The molecule has 0 bridgehead atoms. The Morgan fingerprint density at radius 1 is 0.926 bits per heavy atom. The van der Waals surface area contributed by atoms with Crippen molar-refractivity contribution in [1.82, 2.24) is 0 Å². The van der Waals surface area contributed by atoms with Crippen LogP contribution in [-0.4, -0.2) is 20.3 Å². The summed E-state index contributed by atoms with van der Waals surface area (Å²) in [4.78, 5) is 11.6. The second-order valence-corrected chi connectivity index (χ2v) is 13.4. The lowest BCUT2D eigenvalue weighted by molar-refractivity contribution is -0.120. The van der Waals surface area contributed by atoms with E-state index in [0.29, 0.717) is 11.8 Å². The molecule has 0 saturated heterocycles. The molecule has 4 heteroatoms. The Morgan fingerprint density at radius 2 is 1.37 bits per heavy atom. The number of hydrogen-bond acceptors (Lipinski definition) is 2. The molecule has 27 heavy (non-hydrogen) atoms. The molecule has 1 unspecified atom stereocenters. The number of nitrogens with two attached hydrogens (primary N) is 1. The van der Waals surface area contributed by atoms with E-state index in [2.05, 4.69) is 81.4 Å². The highest BCUT2D eigenvalue weighted by molar-refractivity contribution is 6.99. The van der Waals surface area contributed by atoms with E-state index in [-0.39, 0.29) is 23.0 Å². The number of primary amides is 1. The Hall–Kier alpha value is -1.91. The molecule has 2 aliphatic carbocycles. The standard InChI is InChI=1S/C23H29NO2Si/c1-23(2,3)27(17-10-6-4-7-11-17,18-12-8-5-9-13-18)26-16-14-19-20(15-16)21(19)22(24)25/h4-13,16,19-21H,14-15H2,1-3H3,(H2,24,25)/t16?,19-,20+,21-. The second kappa shape index (κ2) is 6.61. The number of amides is 1. The van der Waals surface area contributed by atoms with Gasteiger partial charge in [-0.1, -0.05) is 81.4 Å². The molecule has 2 saturated carbocycles. The van der Waals surface area contributed by atoms with Crippen LogP contribution < -0.4 is 16.1 Å². The highest BCUT2D eigenvalue weighted by Crippen LogP contribution is 2.58. The van der Waals surface area contributed by atoms with E-state index in [4.69, 9.17) is 10.2 Å². The third-order valence-corrected chi connectivity index (χ3v) is 11.6. The van der Waals surface area contributed by atoms with Gasteiger partial charge in [0.2, 0.25) is 5.91 Å². The van der Waals surface area contributed by atoms with Gasteiger partial charge in [-0.25, -0.2) is 0 Å². The fourth-order valence-electron chi connectivity index (χ4n) is 5.25. The Kier molecular flexibility index (Phi) is 4.51. The molecule has 2 fully saturated rings. The van der Waals surface area contributed by atoms with Gasteiger partial charge in [0, 0.05) is 12.0 Å². The Morgan fingerprint density at radius 3 is 1.74 bits per heavy atom. The lowest BCUT2D eigenvalue weighted by Crippen LogP contribution is -2.67. The fourth-order valence-corrected chi connectivity index (χ4v) is 9.96. The first-order chi connectivity index (χ1) is 12.8. The van der Waals surface area contributed by atoms with Crippen LogP contribution >= 0.6 is 0 Å². The molecule has 4 rings (SSSR count). The maximum absolute atomic E-state index is 11.6. The third-order valence-electron chi connectivity index (χ3n) is 6.49. The molecule has 0 aliphatic heterocycles. The summed E-state index contributed by atoms with van der Waals surface area (Å²) in [6.45, 7) is 6.92. The molecule has 0 spiro atoms. The highest BCUT2D eigenvalue weighted by atomic mass is 28.4. The fraction of sp³-hybridized carbons (Fsp3) is 0.435. The van der Waals surface area contributed by atoms with Crippen LogP contribution in [0.4, 0.5) is 0 Å². The van der Waals surface area contributed by atoms with Crippen LogP contribution in [0.3, 0.4) is 0 Å². The van der Waals surface area contributed by atoms with E-state index in [1.165, 1.54) is 10.4 Å². The van der Waals surface area contributed by atoms with Gasteiger partial charge in [0.15, 0.2) is 0 Å². The van der Waals surface area contributed by atoms with Crippen LogP contribution in [0.2, 0.25) is 5.04 Å². The van der Waals surface area contributed by atoms with Crippen LogP contribution in [0.25, 0.3) is 0 Å². The maximum atomic E-state index is 11.6. The molecule has 3 nitrogen and oxygen atoms in total. The molecule has 0 aromatic heterocycles. The molecule has 2 aliphatic rings. The van der Waals surface area contributed by atoms with Crippen LogP contribution in [-0.2, 0) is 9.22 Å². The number of rotatable bonds is 5. The van der Waals surface area contributed by atoms with Gasteiger partial charge in [0.1, 0.15) is 0 Å². The van der Waals surface area contributed by atoms with Gasteiger partial charge in [0.25, 0.3) is 8.32 Å².